The number of hydrogen-bond acceptors (Lipinski definition) is 6. The summed E-state index contributed by atoms with van der Waals surface area (Å²) in [5, 5.41) is 2.27. The highest BCUT2D eigenvalue weighted by Gasteiger charge is 2.34. The number of carbonyl (C=O) groups excluding carboxylic acids is 2. The molecule has 196 valence electrons. The number of Topliss-reactive ketones (excluding diaryl/α,β-unsaturated/α-hetero) is 1. The highest BCUT2D eigenvalue weighted by molar-refractivity contribution is 6.05. The Kier molecular flexibility index (Phi) is 7.60. The van der Waals surface area contributed by atoms with Crippen molar-refractivity contribution in [3.8, 4) is 23.0 Å². The molecule has 3 aromatic rings. The van der Waals surface area contributed by atoms with Crippen molar-refractivity contribution in [3.63, 3.8) is 0 Å². The Morgan fingerprint density at radius 3 is 2.22 bits per heavy atom. The molecule has 0 saturated carbocycles. The lowest BCUT2D eigenvalue weighted by Gasteiger charge is -2.16. The van der Waals surface area contributed by atoms with Crippen molar-refractivity contribution >= 4 is 17.4 Å². The molecule has 0 saturated heterocycles. The van der Waals surface area contributed by atoms with Crippen LogP contribution < -0.4 is 19.5 Å². The highest BCUT2D eigenvalue weighted by Crippen LogP contribution is 2.39. The number of benzene rings is 2. The van der Waals surface area contributed by atoms with Crippen molar-refractivity contribution < 1.29 is 54.5 Å². The fourth-order valence-electron chi connectivity index (χ4n) is 2.96. The van der Waals surface area contributed by atoms with Crippen LogP contribution in [0, 0.1) is 5.82 Å². The maximum Gasteiger partial charge on any atom is 0.573 e. The average Bonchev–Trinajstić information content (AvgIpc) is 2.79. The van der Waals surface area contributed by atoms with Gasteiger partial charge in [-0.15, -0.1) is 13.2 Å². The molecule has 0 fully saturated rings. The number of alkyl halides is 6. The maximum absolute atomic E-state index is 13.8. The Morgan fingerprint density at radius 2 is 1.62 bits per heavy atom. The van der Waals surface area contributed by atoms with Gasteiger partial charge in [0.25, 0.3) is 5.91 Å². The Bertz CT molecular complexity index is 1340. The number of carbonyl (C=O) groups is 2. The van der Waals surface area contributed by atoms with E-state index in [9.17, 15) is 40.3 Å². The monoisotopic (exact) mass is 532 g/mol. The molecule has 0 bridgehead atoms. The van der Waals surface area contributed by atoms with Crippen molar-refractivity contribution in [2.75, 3.05) is 12.4 Å². The second kappa shape index (κ2) is 10.3. The van der Waals surface area contributed by atoms with Gasteiger partial charge in [0.05, 0.1) is 18.2 Å². The van der Waals surface area contributed by atoms with Crippen molar-refractivity contribution in [3.05, 3.63) is 71.3 Å². The number of amides is 1. The van der Waals surface area contributed by atoms with Crippen LogP contribution in [0.15, 0.2) is 48.7 Å². The van der Waals surface area contributed by atoms with Crippen LogP contribution >= 0.6 is 0 Å². The molecule has 37 heavy (non-hydrogen) atoms. The second-order valence-electron chi connectivity index (χ2n) is 7.24. The molecule has 1 N–H and O–H groups in total. The molecular formula is C23H15F7N2O5. The van der Waals surface area contributed by atoms with E-state index in [4.69, 9.17) is 9.47 Å². The first kappa shape index (κ1) is 27.2. The molecule has 1 aromatic heterocycles. The number of pyridine rings is 1. The molecule has 0 radical (unpaired) electrons. The summed E-state index contributed by atoms with van der Waals surface area (Å²) in [6, 6.07) is 5.97. The van der Waals surface area contributed by atoms with Crippen molar-refractivity contribution in [2.24, 2.45) is 0 Å². The third-order valence-corrected chi connectivity index (χ3v) is 4.59. The number of nitrogens with one attached hydrogen (secondary N) is 1. The standard InChI is InChI=1S/C23H15F7N2O5/c1-11(33)15-8-13(3-5-16(15)24)32-21(34)20-19(7-12(10-31-20)22(25,26)27)36-17-6-4-14(9-18(17)35-2)37-23(28,29)30/h3-10H,1-2H3,(H,32,34). The molecule has 0 spiro atoms. The van der Waals surface area contributed by atoms with Gasteiger partial charge in [-0.25, -0.2) is 9.37 Å². The number of halogens is 7. The average molecular weight is 532 g/mol. The van der Waals surface area contributed by atoms with Gasteiger partial charge in [0.2, 0.25) is 0 Å². The summed E-state index contributed by atoms with van der Waals surface area (Å²) in [5.74, 6) is -4.76. The summed E-state index contributed by atoms with van der Waals surface area (Å²) in [5.41, 5.74) is -2.38. The number of anilines is 1. The van der Waals surface area contributed by atoms with E-state index >= 15 is 0 Å². The van der Waals surface area contributed by atoms with Gasteiger partial charge in [0, 0.05) is 18.0 Å². The number of aromatic nitrogens is 1. The van der Waals surface area contributed by atoms with E-state index in [2.05, 4.69) is 15.0 Å². The first-order valence-electron chi connectivity index (χ1n) is 9.98. The van der Waals surface area contributed by atoms with Crippen LogP contribution in [0.2, 0.25) is 0 Å². The van der Waals surface area contributed by atoms with Gasteiger partial charge in [-0.3, -0.25) is 9.59 Å². The molecule has 7 nitrogen and oxygen atoms in total. The summed E-state index contributed by atoms with van der Waals surface area (Å²) in [6.45, 7) is 1.09. The summed E-state index contributed by atoms with van der Waals surface area (Å²) in [4.78, 5) is 27.9. The fourth-order valence-corrected chi connectivity index (χ4v) is 2.96. The first-order valence-corrected chi connectivity index (χ1v) is 9.98. The fraction of sp³-hybridized carbons (Fsp3) is 0.174. The molecule has 1 heterocycles. The summed E-state index contributed by atoms with van der Waals surface area (Å²) < 4.78 is 105. The van der Waals surface area contributed by atoms with Gasteiger partial charge in [0.15, 0.2) is 28.7 Å². The van der Waals surface area contributed by atoms with Crippen molar-refractivity contribution in [2.45, 2.75) is 19.5 Å². The van der Waals surface area contributed by atoms with Crippen LogP contribution in [-0.2, 0) is 6.18 Å². The molecule has 0 aliphatic carbocycles. The Labute approximate surface area is 203 Å². The van der Waals surface area contributed by atoms with Crippen LogP contribution in [0.3, 0.4) is 0 Å². The van der Waals surface area contributed by atoms with Gasteiger partial charge in [-0.05, 0) is 43.3 Å². The minimum atomic E-state index is -5.02. The van der Waals surface area contributed by atoms with E-state index in [0.717, 1.165) is 50.4 Å². The molecule has 0 aliphatic rings. The van der Waals surface area contributed by atoms with Crippen LogP contribution in [0.1, 0.15) is 33.3 Å². The zero-order valence-corrected chi connectivity index (χ0v) is 18.8. The zero-order valence-electron chi connectivity index (χ0n) is 18.8. The van der Waals surface area contributed by atoms with E-state index in [1.807, 2.05) is 0 Å². The summed E-state index contributed by atoms with van der Waals surface area (Å²) >= 11 is 0. The lowest BCUT2D eigenvalue weighted by atomic mass is 10.1. The maximum atomic E-state index is 13.8. The lowest BCUT2D eigenvalue weighted by Crippen LogP contribution is -2.17. The smallest absolute Gasteiger partial charge is 0.493 e. The van der Waals surface area contributed by atoms with Gasteiger partial charge in [0.1, 0.15) is 11.6 Å². The van der Waals surface area contributed by atoms with Crippen LogP contribution in [-0.4, -0.2) is 30.1 Å². The minimum absolute atomic E-state index is 0.0736. The van der Waals surface area contributed by atoms with Crippen LogP contribution in [0.4, 0.5) is 36.4 Å². The number of hydrogen-bond donors (Lipinski definition) is 1. The quantitative estimate of drug-likeness (QED) is 0.280. The number of ether oxygens (including phenoxy) is 3. The van der Waals surface area contributed by atoms with E-state index < -0.39 is 52.8 Å². The van der Waals surface area contributed by atoms with Gasteiger partial charge >= 0.3 is 12.5 Å². The van der Waals surface area contributed by atoms with E-state index in [1.165, 1.54) is 0 Å². The SMILES string of the molecule is COc1cc(OC(F)(F)F)ccc1Oc1cc(C(F)(F)F)cnc1C(=O)Nc1ccc(F)c(C(C)=O)c1. The molecule has 1 amide bonds. The predicted molar refractivity (Wildman–Crippen MR) is 113 cm³/mol. The number of ketones is 1. The topological polar surface area (TPSA) is 86.8 Å². The predicted octanol–water partition coefficient (Wildman–Crippen LogP) is 6.39. The molecule has 3 rings (SSSR count). The van der Waals surface area contributed by atoms with E-state index in [-0.39, 0.29) is 22.7 Å². The largest absolute Gasteiger partial charge is 0.573 e. The molecule has 14 heteroatoms. The highest BCUT2D eigenvalue weighted by atomic mass is 19.4. The van der Waals surface area contributed by atoms with Crippen molar-refractivity contribution in [1.29, 1.82) is 0 Å². The van der Waals surface area contributed by atoms with E-state index in [1.54, 1.807) is 0 Å². The molecule has 0 unspecified atom stereocenters. The van der Waals surface area contributed by atoms with Gasteiger partial charge in [-0.2, -0.15) is 13.2 Å². The third kappa shape index (κ3) is 6.86. The number of nitrogens with zero attached hydrogens (tertiary/aromatic N) is 1. The van der Waals surface area contributed by atoms with Crippen molar-refractivity contribution in [1.82, 2.24) is 4.98 Å². The zero-order chi connectivity index (χ0) is 27.5. The van der Waals surface area contributed by atoms with Crippen LogP contribution in [0.5, 0.6) is 23.0 Å². The third-order valence-electron chi connectivity index (χ3n) is 4.59. The Balaban J connectivity index is 2.00. The van der Waals surface area contributed by atoms with Crippen LogP contribution in [0.25, 0.3) is 0 Å². The normalized spacial score (nSPS) is 11.6. The molecular weight excluding hydrogens is 517 g/mol. The second-order valence-corrected chi connectivity index (χ2v) is 7.24. The van der Waals surface area contributed by atoms with Gasteiger partial charge < -0.3 is 19.5 Å². The first-order chi connectivity index (χ1) is 17.2. The lowest BCUT2D eigenvalue weighted by molar-refractivity contribution is -0.274. The molecule has 2 aromatic carbocycles. The Hall–Kier alpha value is -4.36. The van der Waals surface area contributed by atoms with E-state index in [0.29, 0.717) is 12.3 Å². The number of rotatable bonds is 7. The molecule has 0 aliphatic heterocycles. The Morgan fingerprint density at radius 1 is 0.919 bits per heavy atom. The van der Waals surface area contributed by atoms with Gasteiger partial charge in [-0.1, -0.05) is 0 Å². The minimum Gasteiger partial charge on any atom is -0.493 e. The summed E-state index contributed by atoms with van der Waals surface area (Å²) in [7, 11) is 1.05. The number of methoxy groups -OCH3 is 1. The summed E-state index contributed by atoms with van der Waals surface area (Å²) in [6.07, 6.45) is -9.54. The molecule has 0 atom stereocenters.